The molecule has 0 aliphatic rings. The van der Waals surface area contributed by atoms with Gasteiger partial charge in [-0.1, -0.05) is 18.2 Å². The molecule has 0 fully saturated rings. The van der Waals surface area contributed by atoms with Gasteiger partial charge >= 0.3 is 0 Å². The number of nitrogen functional groups attached to an aromatic ring is 1. The molecule has 2 aromatic carbocycles. The number of nitrogens with one attached hydrogen (secondary N) is 1. The van der Waals surface area contributed by atoms with Gasteiger partial charge < -0.3 is 15.6 Å². The second-order valence-corrected chi connectivity index (χ2v) is 7.36. The van der Waals surface area contributed by atoms with Gasteiger partial charge in [-0.15, -0.1) is 0 Å². The van der Waals surface area contributed by atoms with Gasteiger partial charge in [0.2, 0.25) is 0 Å². The lowest BCUT2D eigenvalue weighted by molar-refractivity contribution is -0.384. The average molecular weight is 456 g/mol. The van der Waals surface area contributed by atoms with Gasteiger partial charge in [-0.2, -0.15) is 10.4 Å². The Kier molecular flexibility index (Phi) is 6.31. The van der Waals surface area contributed by atoms with Crippen molar-refractivity contribution >= 4 is 17.4 Å². The van der Waals surface area contributed by atoms with Gasteiger partial charge in [0, 0.05) is 30.6 Å². The Morgan fingerprint density at radius 2 is 2.03 bits per heavy atom. The first-order valence-corrected chi connectivity index (χ1v) is 10.4. The van der Waals surface area contributed by atoms with Crippen LogP contribution >= 0.6 is 0 Å². The summed E-state index contributed by atoms with van der Waals surface area (Å²) in [6.45, 7) is 0.291. The zero-order chi connectivity index (χ0) is 24.1. The van der Waals surface area contributed by atoms with Crippen LogP contribution in [0.4, 0.5) is 11.5 Å². The number of nitriles is 1. The lowest BCUT2D eigenvalue weighted by Crippen LogP contribution is -2.25. The number of para-hydroxylation sites is 1. The first-order chi connectivity index (χ1) is 16.5. The van der Waals surface area contributed by atoms with Crippen molar-refractivity contribution in [2.75, 3.05) is 12.3 Å². The number of anilines is 1. The molecule has 0 radical (unpaired) electrons. The van der Waals surface area contributed by atoms with Crippen molar-refractivity contribution in [1.82, 2.24) is 24.6 Å². The predicted octanol–water partition coefficient (Wildman–Crippen LogP) is 2.78. The van der Waals surface area contributed by atoms with Crippen molar-refractivity contribution in [1.29, 1.82) is 5.26 Å². The van der Waals surface area contributed by atoms with E-state index in [1.807, 2.05) is 30.3 Å². The molecule has 0 saturated heterocycles. The Labute approximate surface area is 194 Å². The van der Waals surface area contributed by atoms with Crippen LogP contribution < -0.4 is 11.1 Å². The van der Waals surface area contributed by atoms with Crippen molar-refractivity contribution in [3.05, 3.63) is 94.2 Å². The molecule has 34 heavy (non-hydrogen) atoms. The molecule has 170 valence electrons. The van der Waals surface area contributed by atoms with Gasteiger partial charge in [-0.3, -0.25) is 14.9 Å². The van der Waals surface area contributed by atoms with E-state index in [1.165, 1.54) is 40.0 Å². The highest BCUT2D eigenvalue weighted by Crippen LogP contribution is 2.24. The number of nitrogens with zero attached hydrogens (tertiary/aromatic N) is 6. The molecule has 0 unspecified atom stereocenters. The maximum Gasteiger partial charge on any atom is 0.294 e. The van der Waals surface area contributed by atoms with E-state index in [0.717, 1.165) is 5.69 Å². The van der Waals surface area contributed by atoms with Gasteiger partial charge in [0.05, 0.1) is 22.6 Å². The Hall–Kier alpha value is -4.98. The zero-order valence-electron chi connectivity index (χ0n) is 18.0. The first-order valence-electron chi connectivity index (χ1n) is 10.4. The maximum atomic E-state index is 12.6. The molecular formula is C23H20N8O3. The maximum absolute atomic E-state index is 12.6. The fourth-order valence-electron chi connectivity index (χ4n) is 3.53. The zero-order valence-corrected chi connectivity index (χ0v) is 18.0. The average Bonchev–Trinajstić information content (AvgIpc) is 3.50. The highest BCUT2D eigenvalue weighted by atomic mass is 16.6. The molecule has 0 spiro atoms. The minimum Gasteiger partial charge on any atom is -0.382 e. The van der Waals surface area contributed by atoms with Crippen LogP contribution in [0.15, 0.2) is 67.3 Å². The summed E-state index contributed by atoms with van der Waals surface area (Å²) in [5, 5.41) is 28.2. The number of nitrogens with two attached hydrogens (primary N) is 1. The molecule has 3 N–H and O–H groups in total. The highest BCUT2D eigenvalue weighted by Gasteiger charge is 2.19. The van der Waals surface area contributed by atoms with Crippen LogP contribution in [0.3, 0.4) is 0 Å². The normalized spacial score (nSPS) is 10.6. The van der Waals surface area contributed by atoms with Crippen LogP contribution in [0, 0.1) is 21.4 Å². The summed E-state index contributed by atoms with van der Waals surface area (Å²) in [7, 11) is 0. The number of nitro groups is 1. The molecule has 0 aliphatic heterocycles. The van der Waals surface area contributed by atoms with E-state index < -0.39 is 10.8 Å². The van der Waals surface area contributed by atoms with Crippen LogP contribution in [0.5, 0.6) is 0 Å². The lowest BCUT2D eigenvalue weighted by Gasteiger charge is -2.08. The highest BCUT2D eigenvalue weighted by molar-refractivity contribution is 5.95. The third kappa shape index (κ3) is 4.46. The predicted molar refractivity (Wildman–Crippen MR) is 124 cm³/mol. The third-order valence-corrected chi connectivity index (χ3v) is 5.20. The van der Waals surface area contributed by atoms with Gasteiger partial charge in [-0.25, -0.2) is 9.67 Å². The Morgan fingerprint density at radius 3 is 2.71 bits per heavy atom. The fourth-order valence-corrected chi connectivity index (χ4v) is 3.53. The molecule has 2 heterocycles. The number of carbonyl (C=O) groups is 1. The summed E-state index contributed by atoms with van der Waals surface area (Å²) in [6, 6.07) is 15.6. The number of carbonyl (C=O) groups excluding carboxylic acids is 1. The molecule has 11 nitrogen and oxygen atoms in total. The van der Waals surface area contributed by atoms with E-state index in [0.29, 0.717) is 36.3 Å². The first kappa shape index (κ1) is 22.2. The molecular weight excluding hydrogens is 436 g/mol. The number of imidazole rings is 1. The van der Waals surface area contributed by atoms with Crippen molar-refractivity contribution in [2.24, 2.45) is 0 Å². The van der Waals surface area contributed by atoms with Gasteiger partial charge in [-0.05, 0) is 37.1 Å². The summed E-state index contributed by atoms with van der Waals surface area (Å²) in [5.41, 5.74) is 7.99. The Balaban J connectivity index is 1.41. The van der Waals surface area contributed by atoms with Crippen molar-refractivity contribution < 1.29 is 9.72 Å². The van der Waals surface area contributed by atoms with Crippen LogP contribution in [0.1, 0.15) is 28.0 Å². The molecule has 4 aromatic rings. The molecule has 11 heteroatoms. The molecule has 1 amide bonds. The number of rotatable bonds is 8. The Bertz CT molecular complexity index is 1370. The van der Waals surface area contributed by atoms with Gasteiger partial charge in [0.15, 0.2) is 0 Å². The fraction of sp³-hybridized carbons (Fsp3) is 0.130. The van der Waals surface area contributed by atoms with E-state index in [1.54, 1.807) is 6.20 Å². The van der Waals surface area contributed by atoms with E-state index in [4.69, 9.17) is 5.73 Å². The summed E-state index contributed by atoms with van der Waals surface area (Å²) in [5.74, 6) is -0.173. The second-order valence-electron chi connectivity index (χ2n) is 7.36. The van der Waals surface area contributed by atoms with Crippen LogP contribution in [0.2, 0.25) is 0 Å². The van der Waals surface area contributed by atoms with Crippen LogP contribution in [-0.2, 0) is 6.42 Å². The van der Waals surface area contributed by atoms with Crippen molar-refractivity contribution in [2.45, 2.75) is 12.8 Å². The molecule has 0 aliphatic carbocycles. The number of aryl methyl sites for hydroxylation is 1. The largest absolute Gasteiger partial charge is 0.382 e. The third-order valence-electron chi connectivity index (χ3n) is 5.20. The minimum atomic E-state index is -0.539. The minimum absolute atomic E-state index is 0.172. The second kappa shape index (κ2) is 9.66. The smallest absolute Gasteiger partial charge is 0.294 e. The number of hydrogen-bond donors (Lipinski definition) is 2. The number of aromatic nitrogens is 4. The van der Waals surface area contributed by atoms with E-state index in [9.17, 15) is 20.2 Å². The molecule has 0 saturated carbocycles. The number of amides is 1. The number of nitro benzene ring substituents is 1. The SMILES string of the molecule is N#Cc1c(CCCNC(=O)c2ccc(-n3ccnc3)c([N+](=O)[O-])c2)nn(-c2ccccc2)c1N. The van der Waals surface area contributed by atoms with Crippen LogP contribution in [-0.4, -0.2) is 36.7 Å². The Morgan fingerprint density at radius 1 is 1.24 bits per heavy atom. The number of hydrogen-bond acceptors (Lipinski definition) is 7. The van der Waals surface area contributed by atoms with Gasteiger partial charge in [0.1, 0.15) is 23.1 Å². The molecule has 0 bridgehead atoms. The standard InChI is InChI=1S/C23H20N8O3/c24-14-18-19(28-30(22(18)25)17-5-2-1-3-6-17)7-4-10-27-23(32)16-8-9-20(21(13-16)31(33)34)29-12-11-26-15-29/h1-3,5-6,8-9,11-13,15H,4,7,10,25H2,(H,27,32). The summed E-state index contributed by atoms with van der Waals surface area (Å²) in [4.78, 5) is 27.4. The number of benzene rings is 2. The quantitative estimate of drug-likeness (QED) is 0.234. The molecule has 4 rings (SSSR count). The summed E-state index contributed by atoms with van der Waals surface area (Å²) < 4.78 is 3.03. The summed E-state index contributed by atoms with van der Waals surface area (Å²) in [6.07, 6.45) is 5.47. The monoisotopic (exact) mass is 456 g/mol. The van der Waals surface area contributed by atoms with Crippen molar-refractivity contribution in [3.8, 4) is 17.4 Å². The topological polar surface area (TPSA) is 158 Å². The lowest BCUT2D eigenvalue weighted by atomic mass is 10.1. The van der Waals surface area contributed by atoms with Gasteiger partial charge in [0.25, 0.3) is 11.6 Å². The van der Waals surface area contributed by atoms with Crippen LogP contribution in [0.25, 0.3) is 11.4 Å². The molecule has 0 atom stereocenters. The van der Waals surface area contributed by atoms with E-state index in [2.05, 4.69) is 21.5 Å². The van der Waals surface area contributed by atoms with E-state index >= 15 is 0 Å². The summed E-state index contributed by atoms with van der Waals surface area (Å²) >= 11 is 0. The molecule has 2 aromatic heterocycles. The van der Waals surface area contributed by atoms with E-state index in [-0.39, 0.29) is 17.1 Å². The van der Waals surface area contributed by atoms with Crippen molar-refractivity contribution in [3.63, 3.8) is 0 Å².